The molecule has 0 saturated carbocycles. The van der Waals surface area contributed by atoms with Crippen LogP contribution in [0.15, 0.2) is 24.3 Å². The molecule has 1 aromatic carbocycles. The van der Waals surface area contributed by atoms with E-state index in [0.717, 1.165) is 12.6 Å². The molecule has 2 heterocycles. The summed E-state index contributed by atoms with van der Waals surface area (Å²) in [5, 5.41) is 18.5. The van der Waals surface area contributed by atoms with Crippen molar-refractivity contribution in [3.05, 3.63) is 35.4 Å². The molecule has 3 rings (SSSR count). The number of rotatable bonds is 4. The standard InChI is InChI=1S/C19H23F3N4O2/c1-12-8-13(19(20,21)22)9-16(27)18(12)15-4-5-17(24-23-15)26-6-7-28-14(11-26)10-25(2)3/h4-5,8-9,14,27H,6-7,10-11H2,1-3H3/t14-/m0/s1. The lowest BCUT2D eigenvalue weighted by Crippen LogP contribution is -2.46. The summed E-state index contributed by atoms with van der Waals surface area (Å²) in [5.74, 6) is 0.201. The molecule has 0 unspecified atom stereocenters. The molecule has 0 bridgehead atoms. The number of aryl methyl sites for hydroxylation is 1. The van der Waals surface area contributed by atoms with Crippen LogP contribution in [0, 0.1) is 6.92 Å². The van der Waals surface area contributed by atoms with Crippen LogP contribution in [0.3, 0.4) is 0 Å². The van der Waals surface area contributed by atoms with Crippen LogP contribution in [0.1, 0.15) is 11.1 Å². The van der Waals surface area contributed by atoms with Crippen molar-refractivity contribution in [1.82, 2.24) is 15.1 Å². The second-order valence-corrected chi connectivity index (χ2v) is 7.16. The molecular formula is C19H23F3N4O2. The predicted molar refractivity (Wildman–Crippen MR) is 99.4 cm³/mol. The molecule has 1 atom stereocenters. The minimum absolute atomic E-state index is 0.0615. The van der Waals surface area contributed by atoms with E-state index in [1.54, 1.807) is 12.1 Å². The van der Waals surface area contributed by atoms with Gasteiger partial charge in [0.1, 0.15) is 5.75 Å². The first-order chi connectivity index (χ1) is 13.1. The van der Waals surface area contributed by atoms with Crippen LogP contribution in [0.5, 0.6) is 5.75 Å². The third-order valence-electron chi connectivity index (χ3n) is 4.58. The third-order valence-corrected chi connectivity index (χ3v) is 4.58. The van der Waals surface area contributed by atoms with E-state index >= 15 is 0 Å². The first-order valence-corrected chi connectivity index (χ1v) is 8.91. The number of alkyl halides is 3. The number of ether oxygens (including phenoxy) is 1. The van der Waals surface area contributed by atoms with Gasteiger partial charge in [-0.1, -0.05) is 0 Å². The number of halogens is 3. The number of phenolic OH excluding ortho intramolecular Hbond substituents is 1. The number of nitrogens with zero attached hydrogens (tertiary/aromatic N) is 4. The Hall–Kier alpha value is -2.39. The van der Waals surface area contributed by atoms with Crippen molar-refractivity contribution in [3.63, 3.8) is 0 Å². The number of aromatic hydroxyl groups is 1. The molecule has 9 heteroatoms. The van der Waals surface area contributed by atoms with Crippen LogP contribution in [0.25, 0.3) is 11.3 Å². The quantitative estimate of drug-likeness (QED) is 0.858. The van der Waals surface area contributed by atoms with Crippen molar-refractivity contribution in [2.24, 2.45) is 0 Å². The van der Waals surface area contributed by atoms with E-state index in [1.165, 1.54) is 6.92 Å². The van der Waals surface area contributed by atoms with E-state index in [0.29, 0.717) is 37.3 Å². The molecule has 1 N–H and O–H groups in total. The third kappa shape index (κ3) is 4.53. The maximum atomic E-state index is 12.9. The largest absolute Gasteiger partial charge is 0.507 e. The van der Waals surface area contributed by atoms with Gasteiger partial charge in [-0.2, -0.15) is 13.2 Å². The highest BCUT2D eigenvalue weighted by atomic mass is 19.4. The zero-order chi connectivity index (χ0) is 20.5. The zero-order valence-corrected chi connectivity index (χ0v) is 16.0. The summed E-state index contributed by atoms with van der Waals surface area (Å²) < 4.78 is 44.4. The Morgan fingerprint density at radius 3 is 2.57 bits per heavy atom. The van der Waals surface area contributed by atoms with Gasteiger partial charge in [0.15, 0.2) is 5.82 Å². The molecule has 0 spiro atoms. The van der Waals surface area contributed by atoms with Crippen molar-refractivity contribution < 1.29 is 23.0 Å². The van der Waals surface area contributed by atoms with Gasteiger partial charge in [0.05, 0.1) is 24.0 Å². The van der Waals surface area contributed by atoms with E-state index in [4.69, 9.17) is 4.74 Å². The van der Waals surface area contributed by atoms with Gasteiger partial charge < -0.3 is 19.6 Å². The molecule has 6 nitrogen and oxygen atoms in total. The van der Waals surface area contributed by atoms with Crippen LogP contribution in [0.2, 0.25) is 0 Å². The van der Waals surface area contributed by atoms with Gasteiger partial charge in [-0.25, -0.2) is 0 Å². The maximum absolute atomic E-state index is 12.9. The summed E-state index contributed by atoms with van der Waals surface area (Å²) in [4.78, 5) is 4.12. The smallest absolute Gasteiger partial charge is 0.416 e. The van der Waals surface area contributed by atoms with E-state index < -0.39 is 17.5 Å². The summed E-state index contributed by atoms with van der Waals surface area (Å²) in [7, 11) is 3.96. The van der Waals surface area contributed by atoms with E-state index in [1.807, 2.05) is 14.1 Å². The number of morpholine rings is 1. The van der Waals surface area contributed by atoms with Crippen LogP contribution >= 0.6 is 0 Å². The topological polar surface area (TPSA) is 61.7 Å². The molecule has 1 saturated heterocycles. The second-order valence-electron chi connectivity index (χ2n) is 7.16. The first kappa shape index (κ1) is 20.3. The lowest BCUT2D eigenvalue weighted by molar-refractivity contribution is -0.137. The van der Waals surface area contributed by atoms with Crippen molar-refractivity contribution in [3.8, 4) is 17.0 Å². The molecular weight excluding hydrogens is 373 g/mol. The van der Waals surface area contributed by atoms with Crippen molar-refractivity contribution >= 4 is 5.82 Å². The number of hydrogen-bond donors (Lipinski definition) is 1. The minimum atomic E-state index is -4.52. The summed E-state index contributed by atoms with van der Waals surface area (Å²) in [6, 6.07) is 5.13. The van der Waals surface area contributed by atoms with E-state index in [2.05, 4.69) is 20.0 Å². The minimum Gasteiger partial charge on any atom is -0.507 e. The molecule has 28 heavy (non-hydrogen) atoms. The summed E-state index contributed by atoms with van der Waals surface area (Å²) in [6.07, 6.45) is -4.46. The Morgan fingerprint density at radius 1 is 1.25 bits per heavy atom. The Balaban J connectivity index is 1.81. The van der Waals surface area contributed by atoms with Gasteiger partial charge in [0.25, 0.3) is 0 Å². The van der Waals surface area contributed by atoms with Crippen LogP contribution in [0.4, 0.5) is 19.0 Å². The number of likely N-dealkylation sites (N-methyl/N-ethyl adjacent to an activating group) is 1. The SMILES string of the molecule is Cc1cc(C(F)(F)F)cc(O)c1-c1ccc(N2CCO[C@@H](CN(C)C)C2)nn1. The van der Waals surface area contributed by atoms with Gasteiger partial charge in [-0.3, -0.25) is 0 Å². The molecule has 0 radical (unpaired) electrons. The fourth-order valence-electron chi connectivity index (χ4n) is 3.34. The average molecular weight is 396 g/mol. The number of anilines is 1. The number of aromatic nitrogens is 2. The Labute approximate surface area is 161 Å². The number of hydrogen-bond acceptors (Lipinski definition) is 6. The van der Waals surface area contributed by atoms with Crippen molar-refractivity contribution in [2.75, 3.05) is 45.2 Å². The molecule has 1 aliphatic rings. The average Bonchev–Trinajstić information content (AvgIpc) is 2.60. The van der Waals surface area contributed by atoms with Crippen LogP contribution in [-0.4, -0.2) is 66.6 Å². The highest BCUT2D eigenvalue weighted by Crippen LogP contribution is 2.38. The normalized spacial score (nSPS) is 18.0. The Kier molecular flexibility index (Phi) is 5.76. The van der Waals surface area contributed by atoms with Crippen LogP contribution < -0.4 is 4.90 Å². The summed E-state index contributed by atoms with van der Waals surface area (Å²) >= 11 is 0. The summed E-state index contributed by atoms with van der Waals surface area (Å²) in [6.45, 7) is 4.24. The van der Waals surface area contributed by atoms with Crippen molar-refractivity contribution in [2.45, 2.75) is 19.2 Å². The van der Waals surface area contributed by atoms with Gasteiger partial charge in [0, 0.05) is 25.2 Å². The zero-order valence-electron chi connectivity index (χ0n) is 16.0. The monoisotopic (exact) mass is 396 g/mol. The highest BCUT2D eigenvalue weighted by Gasteiger charge is 2.32. The maximum Gasteiger partial charge on any atom is 0.416 e. The Morgan fingerprint density at radius 2 is 2.00 bits per heavy atom. The fourth-order valence-corrected chi connectivity index (χ4v) is 3.34. The molecule has 0 aliphatic carbocycles. The van der Waals surface area contributed by atoms with Gasteiger partial charge in [-0.05, 0) is 50.8 Å². The first-order valence-electron chi connectivity index (χ1n) is 8.91. The van der Waals surface area contributed by atoms with E-state index in [9.17, 15) is 18.3 Å². The van der Waals surface area contributed by atoms with Gasteiger partial charge in [0.2, 0.25) is 0 Å². The molecule has 1 aliphatic heterocycles. The molecule has 1 aromatic heterocycles. The van der Waals surface area contributed by atoms with Gasteiger partial charge in [-0.15, -0.1) is 10.2 Å². The predicted octanol–water partition coefficient (Wildman–Crippen LogP) is 2.94. The molecule has 0 amide bonds. The van der Waals surface area contributed by atoms with Crippen molar-refractivity contribution in [1.29, 1.82) is 0 Å². The highest BCUT2D eigenvalue weighted by molar-refractivity contribution is 5.71. The van der Waals surface area contributed by atoms with E-state index in [-0.39, 0.29) is 17.2 Å². The molecule has 152 valence electrons. The lowest BCUT2D eigenvalue weighted by Gasteiger charge is -2.34. The lowest BCUT2D eigenvalue weighted by atomic mass is 10.0. The van der Waals surface area contributed by atoms with Crippen LogP contribution in [-0.2, 0) is 10.9 Å². The summed E-state index contributed by atoms with van der Waals surface area (Å²) in [5.41, 5.74) is -0.0343. The number of benzene rings is 1. The Bertz CT molecular complexity index is 802. The van der Waals surface area contributed by atoms with Gasteiger partial charge >= 0.3 is 6.18 Å². The molecule has 1 fully saturated rings. The molecule has 2 aromatic rings. The number of phenols is 1. The second kappa shape index (κ2) is 7.92. The fraction of sp³-hybridized carbons (Fsp3) is 0.474.